The predicted molar refractivity (Wildman–Crippen MR) is 126 cm³/mol. The van der Waals surface area contributed by atoms with Crippen molar-refractivity contribution in [2.45, 2.75) is 32.5 Å². The van der Waals surface area contributed by atoms with Crippen molar-refractivity contribution in [1.29, 1.82) is 0 Å². The maximum absolute atomic E-state index is 12.4. The molecule has 1 N–H and O–H groups in total. The summed E-state index contributed by atoms with van der Waals surface area (Å²) in [7, 11) is 1.61. The molecule has 2 heterocycles. The standard InChI is InChI=1S/C23H21ClN2O2.C2HF3O2/c1-15(27)26-14-20-11-17(19-7-10-23(28-2)25-13-19)5-3-16(20)4-6-18-12-21(24)8-9-22(18)26;3-2(4,5)1(6)7/h3,5,7-13H,4,6,14H2,1-2H3;(H,6,7). The van der Waals surface area contributed by atoms with Crippen LogP contribution in [0.3, 0.4) is 0 Å². The summed E-state index contributed by atoms with van der Waals surface area (Å²) in [5.74, 6) is -2.14. The molecule has 1 aliphatic rings. The highest BCUT2D eigenvalue weighted by atomic mass is 35.5. The van der Waals surface area contributed by atoms with Gasteiger partial charge in [-0.25, -0.2) is 9.78 Å². The molecule has 0 radical (unpaired) electrons. The van der Waals surface area contributed by atoms with Gasteiger partial charge in [0.15, 0.2) is 0 Å². The lowest BCUT2D eigenvalue weighted by molar-refractivity contribution is -0.192. The number of benzene rings is 2. The molecule has 0 fully saturated rings. The number of fused-ring (bicyclic) bond motifs is 2. The van der Waals surface area contributed by atoms with Gasteiger partial charge in [-0.3, -0.25) is 4.79 Å². The molecule has 2 aromatic carbocycles. The van der Waals surface area contributed by atoms with E-state index in [9.17, 15) is 18.0 Å². The predicted octanol–water partition coefficient (Wildman–Crippen LogP) is 5.70. The molecule has 0 spiro atoms. The Balaban J connectivity index is 0.000000429. The fourth-order valence-corrected chi connectivity index (χ4v) is 3.89. The van der Waals surface area contributed by atoms with Gasteiger partial charge in [0.2, 0.25) is 11.8 Å². The normalized spacial score (nSPS) is 12.8. The van der Waals surface area contributed by atoms with Gasteiger partial charge in [0, 0.05) is 35.5 Å². The van der Waals surface area contributed by atoms with Gasteiger partial charge in [0.25, 0.3) is 0 Å². The largest absolute Gasteiger partial charge is 0.490 e. The molecule has 0 bridgehead atoms. The lowest BCUT2D eigenvalue weighted by Gasteiger charge is -2.28. The topological polar surface area (TPSA) is 79.7 Å². The smallest absolute Gasteiger partial charge is 0.481 e. The molecule has 3 aromatic rings. The SMILES string of the molecule is COc1ccc(-c2ccc3c(c2)CN(C(C)=O)c2ccc(Cl)cc2CC3)cn1.O=C(O)C(F)(F)F. The van der Waals surface area contributed by atoms with E-state index in [0.717, 1.165) is 40.8 Å². The van der Waals surface area contributed by atoms with Gasteiger partial charge in [-0.15, -0.1) is 0 Å². The van der Waals surface area contributed by atoms with Crippen molar-refractivity contribution in [3.63, 3.8) is 0 Å². The van der Waals surface area contributed by atoms with Crippen molar-refractivity contribution in [3.05, 3.63) is 76.4 Å². The molecule has 35 heavy (non-hydrogen) atoms. The number of alkyl halides is 3. The number of amides is 1. The number of rotatable bonds is 2. The zero-order chi connectivity index (χ0) is 25.8. The number of anilines is 1. The monoisotopic (exact) mass is 506 g/mol. The number of carbonyl (C=O) groups is 2. The minimum Gasteiger partial charge on any atom is -0.481 e. The summed E-state index contributed by atoms with van der Waals surface area (Å²) in [5.41, 5.74) is 6.56. The Morgan fingerprint density at radius 3 is 2.23 bits per heavy atom. The van der Waals surface area contributed by atoms with Crippen molar-refractivity contribution in [2.24, 2.45) is 0 Å². The summed E-state index contributed by atoms with van der Waals surface area (Å²) in [4.78, 5) is 27.4. The second-order valence-corrected chi connectivity index (χ2v) is 8.19. The second kappa shape index (κ2) is 10.8. The van der Waals surface area contributed by atoms with Crippen molar-refractivity contribution in [2.75, 3.05) is 12.0 Å². The Kier molecular flexibility index (Phi) is 8.01. The molecule has 0 saturated carbocycles. The van der Waals surface area contributed by atoms with Crippen molar-refractivity contribution >= 4 is 29.2 Å². The van der Waals surface area contributed by atoms with Gasteiger partial charge in [-0.1, -0.05) is 23.7 Å². The van der Waals surface area contributed by atoms with Gasteiger partial charge in [0.05, 0.1) is 13.7 Å². The van der Waals surface area contributed by atoms with Crippen LogP contribution in [0.2, 0.25) is 5.02 Å². The summed E-state index contributed by atoms with van der Waals surface area (Å²) in [6.07, 6.45) is -1.52. The molecule has 10 heteroatoms. The molecule has 1 aliphatic heterocycles. The third kappa shape index (κ3) is 6.51. The molecule has 6 nitrogen and oxygen atoms in total. The zero-order valence-corrected chi connectivity index (χ0v) is 19.7. The summed E-state index contributed by atoms with van der Waals surface area (Å²) in [6.45, 7) is 2.15. The van der Waals surface area contributed by atoms with E-state index in [0.29, 0.717) is 17.4 Å². The summed E-state index contributed by atoms with van der Waals surface area (Å²) >= 11 is 6.19. The third-order valence-electron chi connectivity index (χ3n) is 5.43. The highest BCUT2D eigenvalue weighted by Crippen LogP contribution is 2.32. The molecule has 4 rings (SSSR count). The molecule has 0 atom stereocenters. The van der Waals surface area contributed by atoms with Crippen LogP contribution < -0.4 is 9.64 Å². The number of nitrogens with zero attached hydrogens (tertiary/aromatic N) is 2. The lowest BCUT2D eigenvalue weighted by atomic mass is 9.93. The van der Waals surface area contributed by atoms with Crippen molar-refractivity contribution < 1.29 is 32.6 Å². The van der Waals surface area contributed by atoms with E-state index < -0.39 is 12.1 Å². The van der Waals surface area contributed by atoms with Crippen LogP contribution in [0, 0.1) is 0 Å². The number of pyridine rings is 1. The summed E-state index contributed by atoms with van der Waals surface area (Å²) in [5, 5.41) is 7.82. The van der Waals surface area contributed by atoms with E-state index in [2.05, 4.69) is 23.2 Å². The van der Waals surface area contributed by atoms with Crippen LogP contribution in [0.15, 0.2) is 54.7 Å². The number of halogens is 4. The van der Waals surface area contributed by atoms with E-state index in [1.54, 1.807) is 14.0 Å². The average molecular weight is 507 g/mol. The first-order valence-corrected chi connectivity index (χ1v) is 10.9. The highest BCUT2D eigenvalue weighted by molar-refractivity contribution is 6.30. The number of carboxylic acid groups (broad SMARTS) is 1. The van der Waals surface area contributed by atoms with Crippen LogP contribution in [0.1, 0.15) is 23.6 Å². The quantitative estimate of drug-likeness (QED) is 0.482. The van der Waals surface area contributed by atoms with E-state index >= 15 is 0 Å². The first-order valence-electron chi connectivity index (χ1n) is 10.5. The summed E-state index contributed by atoms with van der Waals surface area (Å²) < 4.78 is 36.9. The molecular formula is C25H22ClF3N2O4. The van der Waals surface area contributed by atoms with Crippen LogP contribution in [-0.4, -0.2) is 35.3 Å². The Bertz CT molecular complexity index is 1230. The maximum atomic E-state index is 12.4. The number of methoxy groups -OCH3 is 1. The van der Waals surface area contributed by atoms with Crippen molar-refractivity contribution in [3.8, 4) is 17.0 Å². The van der Waals surface area contributed by atoms with E-state index in [-0.39, 0.29) is 5.91 Å². The lowest BCUT2D eigenvalue weighted by Crippen LogP contribution is -2.30. The Labute approximate surface area is 204 Å². The first-order chi connectivity index (χ1) is 16.5. The van der Waals surface area contributed by atoms with Crippen LogP contribution in [0.5, 0.6) is 5.88 Å². The van der Waals surface area contributed by atoms with Gasteiger partial charge < -0.3 is 14.7 Å². The number of ether oxygens (including phenoxy) is 1. The van der Waals surface area contributed by atoms with E-state index in [1.165, 1.54) is 5.56 Å². The molecule has 1 aromatic heterocycles. The average Bonchev–Trinajstić information content (AvgIpc) is 2.80. The molecule has 184 valence electrons. The van der Waals surface area contributed by atoms with E-state index in [4.69, 9.17) is 26.2 Å². The summed E-state index contributed by atoms with van der Waals surface area (Å²) in [6, 6.07) is 16.0. The number of hydrogen-bond donors (Lipinski definition) is 1. The third-order valence-corrected chi connectivity index (χ3v) is 5.67. The van der Waals surface area contributed by atoms with Crippen LogP contribution in [0.4, 0.5) is 18.9 Å². The Morgan fingerprint density at radius 2 is 1.66 bits per heavy atom. The van der Waals surface area contributed by atoms with Gasteiger partial charge in [-0.05, 0) is 65.4 Å². The molecule has 0 aliphatic carbocycles. The van der Waals surface area contributed by atoms with Crippen molar-refractivity contribution in [1.82, 2.24) is 4.98 Å². The Hall–Kier alpha value is -3.59. The zero-order valence-electron chi connectivity index (χ0n) is 18.9. The molecular weight excluding hydrogens is 485 g/mol. The molecule has 0 unspecified atom stereocenters. The number of carbonyl (C=O) groups excluding carboxylic acids is 1. The fraction of sp³-hybridized carbons (Fsp3) is 0.240. The molecule has 1 amide bonds. The fourth-order valence-electron chi connectivity index (χ4n) is 3.69. The van der Waals surface area contributed by atoms with Gasteiger partial charge in [0.1, 0.15) is 0 Å². The highest BCUT2D eigenvalue weighted by Gasteiger charge is 2.38. The van der Waals surface area contributed by atoms with Crippen LogP contribution >= 0.6 is 11.6 Å². The van der Waals surface area contributed by atoms with Crippen LogP contribution in [-0.2, 0) is 29.0 Å². The Morgan fingerprint density at radius 1 is 1.00 bits per heavy atom. The minimum absolute atomic E-state index is 0.0212. The van der Waals surface area contributed by atoms with Gasteiger partial charge in [-0.2, -0.15) is 13.2 Å². The van der Waals surface area contributed by atoms with Gasteiger partial charge >= 0.3 is 12.1 Å². The maximum Gasteiger partial charge on any atom is 0.490 e. The minimum atomic E-state index is -5.08. The molecule has 0 saturated heterocycles. The number of hydrogen-bond acceptors (Lipinski definition) is 4. The number of carboxylic acids is 1. The number of aliphatic carboxylic acids is 1. The number of aromatic nitrogens is 1. The second-order valence-electron chi connectivity index (χ2n) is 7.75. The van der Waals surface area contributed by atoms with E-state index in [1.807, 2.05) is 41.4 Å². The van der Waals surface area contributed by atoms with Crippen LogP contribution in [0.25, 0.3) is 11.1 Å². The first kappa shape index (κ1) is 26.0. The number of aryl methyl sites for hydroxylation is 2.